The molecule has 0 bridgehead atoms. The van der Waals surface area contributed by atoms with Gasteiger partial charge in [-0.2, -0.15) is 5.10 Å². The van der Waals surface area contributed by atoms with E-state index < -0.39 is 0 Å². The predicted molar refractivity (Wildman–Crippen MR) is 81.0 cm³/mol. The minimum Gasteiger partial charge on any atom is -0.295 e. The lowest BCUT2D eigenvalue weighted by atomic mass is 10.1. The molecule has 96 valence electrons. The number of H-pyrrole nitrogens is 1. The number of aromatic nitrogens is 3. The highest BCUT2D eigenvalue weighted by atomic mass is 32.1. The van der Waals surface area contributed by atoms with Crippen molar-refractivity contribution >= 4 is 23.6 Å². The summed E-state index contributed by atoms with van der Waals surface area (Å²) in [6.07, 6.45) is 0. The topological polar surface area (TPSA) is 33.6 Å². The maximum atomic E-state index is 5.34. The Labute approximate surface area is 120 Å². The van der Waals surface area contributed by atoms with Crippen molar-refractivity contribution in [1.29, 1.82) is 0 Å². The predicted octanol–water partition coefficient (Wildman–Crippen LogP) is 4.03. The molecule has 0 aliphatic carbocycles. The zero-order valence-electron chi connectivity index (χ0n) is 10.5. The van der Waals surface area contributed by atoms with E-state index in [-0.39, 0.29) is 0 Å². The van der Waals surface area contributed by atoms with Gasteiger partial charge in [-0.3, -0.25) is 9.67 Å². The van der Waals surface area contributed by atoms with Gasteiger partial charge >= 0.3 is 0 Å². The van der Waals surface area contributed by atoms with E-state index in [1.54, 1.807) is 11.3 Å². The lowest BCUT2D eigenvalue weighted by Crippen LogP contribution is -2.03. The lowest BCUT2D eigenvalue weighted by molar-refractivity contribution is 0.787. The van der Waals surface area contributed by atoms with E-state index in [1.165, 1.54) is 11.1 Å². The number of benzene rings is 1. The van der Waals surface area contributed by atoms with Gasteiger partial charge in [-0.25, -0.2) is 0 Å². The van der Waals surface area contributed by atoms with Gasteiger partial charge in [0.25, 0.3) is 0 Å². The zero-order valence-corrected chi connectivity index (χ0v) is 12.1. The molecule has 0 aliphatic rings. The van der Waals surface area contributed by atoms with Crippen LogP contribution in [0.1, 0.15) is 11.1 Å². The molecule has 0 spiro atoms. The third-order valence-electron chi connectivity index (χ3n) is 3.09. The molecule has 2 heterocycles. The number of hydrogen-bond donors (Lipinski definition) is 1. The smallest absolute Gasteiger partial charge is 0.195 e. The summed E-state index contributed by atoms with van der Waals surface area (Å²) < 4.78 is 2.70. The molecular weight excluding hydrogens is 274 g/mol. The van der Waals surface area contributed by atoms with E-state index in [1.807, 2.05) is 22.1 Å². The fourth-order valence-corrected chi connectivity index (χ4v) is 2.93. The standard InChI is InChI=1S/C14H13N3S2/c1-10-5-2-3-6-11(10)9-17-13(15-16-14(17)18)12-7-4-8-19-12/h2-8H,9H2,1H3,(H,16,18). The maximum absolute atomic E-state index is 5.34. The summed E-state index contributed by atoms with van der Waals surface area (Å²) in [6, 6.07) is 12.4. The third-order valence-corrected chi connectivity index (χ3v) is 4.27. The molecule has 1 N–H and O–H groups in total. The number of rotatable bonds is 3. The van der Waals surface area contributed by atoms with Crippen LogP contribution < -0.4 is 0 Å². The minimum absolute atomic E-state index is 0.659. The van der Waals surface area contributed by atoms with E-state index >= 15 is 0 Å². The van der Waals surface area contributed by atoms with Gasteiger partial charge < -0.3 is 0 Å². The molecule has 3 aromatic rings. The Bertz CT molecular complexity index is 738. The average Bonchev–Trinajstić information content (AvgIpc) is 3.03. The van der Waals surface area contributed by atoms with E-state index in [0.717, 1.165) is 17.2 Å². The second-order valence-electron chi connectivity index (χ2n) is 4.34. The summed E-state index contributed by atoms with van der Waals surface area (Å²) in [4.78, 5) is 1.13. The Morgan fingerprint density at radius 2 is 2.11 bits per heavy atom. The van der Waals surface area contributed by atoms with Crippen molar-refractivity contribution in [2.45, 2.75) is 13.5 Å². The second-order valence-corrected chi connectivity index (χ2v) is 5.68. The molecule has 0 aliphatic heterocycles. The molecule has 3 rings (SSSR count). The van der Waals surface area contributed by atoms with Gasteiger partial charge in [0.1, 0.15) is 0 Å². The molecule has 3 nitrogen and oxygen atoms in total. The van der Waals surface area contributed by atoms with Crippen molar-refractivity contribution in [2.75, 3.05) is 0 Å². The fraction of sp³-hybridized carbons (Fsp3) is 0.143. The molecule has 0 radical (unpaired) electrons. The summed E-state index contributed by atoms with van der Waals surface area (Å²) >= 11 is 7.01. The van der Waals surface area contributed by atoms with Crippen molar-refractivity contribution in [3.63, 3.8) is 0 Å². The minimum atomic E-state index is 0.659. The Morgan fingerprint density at radius 3 is 2.84 bits per heavy atom. The van der Waals surface area contributed by atoms with Gasteiger partial charge in [0.2, 0.25) is 0 Å². The molecule has 0 atom stereocenters. The summed E-state index contributed by atoms with van der Waals surface area (Å²) in [5.74, 6) is 0.906. The monoisotopic (exact) mass is 287 g/mol. The molecular formula is C14H13N3S2. The van der Waals surface area contributed by atoms with Crippen LogP contribution in [0.15, 0.2) is 41.8 Å². The third kappa shape index (κ3) is 2.39. The van der Waals surface area contributed by atoms with Gasteiger partial charge in [0, 0.05) is 0 Å². The SMILES string of the molecule is Cc1ccccc1Cn1c(-c2cccs2)n[nH]c1=S. The number of aryl methyl sites for hydroxylation is 1. The molecule has 19 heavy (non-hydrogen) atoms. The molecule has 0 amide bonds. The Balaban J connectivity index is 2.05. The molecule has 0 unspecified atom stereocenters. The lowest BCUT2D eigenvalue weighted by Gasteiger charge is -2.08. The maximum Gasteiger partial charge on any atom is 0.195 e. The van der Waals surface area contributed by atoms with Gasteiger partial charge in [-0.15, -0.1) is 11.3 Å². The largest absolute Gasteiger partial charge is 0.295 e. The molecule has 1 aromatic carbocycles. The highest BCUT2D eigenvalue weighted by Crippen LogP contribution is 2.23. The summed E-state index contributed by atoms with van der Waals surface area (Å²) in [7, 11) is 0. The van der Waals surface area contributed by atoms with Crippen molar-refractivity contribution in [1.82, 2.24) is 14.8 Å². The first kappa shape index (κ1) is 12.3. The van der Waals surface area contributed by atoms with E-state index in [4.69, 9.17) is 12.2 Å². The summed E-state index contributed by atoms with van der Waals surface area (Å²) in [5.41, 5.74) is 2.53. The van der Waals surface area contributed by atoms with E-state index in [0.29, 0.717) is 4.77 Å². The first-order valence-electron chi connectivity index (χ1n) is 5.99. The normalized spacial score (nSPS) is 10.8. The average molecular weight is 287 g/mol. The van der Waals surface area contributed by atoms with Crippen LogP contribution in [0.5, 0.6) is 0 Å². The second kappa shape index (κ2) is 5.11. The Morgan fingerprint density at radius 1 is 1.26 bits per heavy atom. The van der Waals surface area contributed by atoms with Crippen molar-refractivity contribution in [2.24, 2.45) is 0 Å². The van der Waals surface area contributed by atoms with Crippen molar-refractivity contribution < 1.29 is 0 Å². The molecule has 2 aromatic heterocycles. The molecule has 0 saturated carbocycles. The van der Waals surface area contributed by atoms with E-state index in [2.05, 4.69) is 41.4 Å². The Hall–Kier alpha value is -1.72. The number of nitrogens with one attached hydrogen (secondary N) is 1. The number of hydrogen-bond acceptors (Lipinski definition) is 3. The highest BCUT2D eigenvalue weighted by Gasteiger charge is 2.10. The van der Waals surface area contributed by atoms with Crippen LogP contribution >= 0.6 is 23.6 Å². The van der Waals surface area contributed by atoms with Gasteiger partial charge in [0.15, 0.2) is 10.6 Å². The van der Waals surface area contributed by atoms with Crippen LogP contribution in [0, 0.1) is 11.7 Å². The van der Waals surface area contributed by atoms with Crippen LogP contribution in [-0.4, -0.2) is 14.8 Å². The van der Waals surface area contributed by atoms with Crippen LogP contribution in [0.25, 0.3) is 10.7 Å². The quantitative estimate of drug-likeness (QED) is 0.738. The van der Waals surface area contributed by atoms with Crippen LogP contribution in [0.4, 0.5) is 0 Å². The molecule has 0 saturated heterocycles. The van der Waals surface area contributed by atoms with Crippen LogP contribution in [0.3, 0.4) is 0 Å². The van der Waals surface area contributed by atoms with Crippen molar-refractivity contribution in [3.05, 3.63) is 57.7 Å². The zero-order chi connectivity index (χ0) is 13.2. The number of thiophene rings is 1. The highest BCUT2D eigenvalue weighted by molar-refractivity contribution is 7.71. The van der Waals surface area contributed by atoms with E-state index in [9.17, 15) is 0 Å². The Kier molecular flexibility index (Phi) is 3.31. The van der Waals surface area contributed by atoms with Gasteiger partial charge in [-0.05, 0) is 41.7 Å². The number of nitrogens with zero attached hydrogens (tertiary/aromatic N) is 2. The summed E-state index contributed by atoms with van der Waals surface area (Å²) in [5, 5.41) is 9.27. The first-order chi connectivity index (χ1) is 9.25. The summed E-state index contributed by atoms with van der Waals surface area (Å²) in [6.45, 7) is 2.86. The van der Waals surface area contributed by atoms with Crippen LogP contribution in [-0.2, 0) is 6.54 Å². The molecule has 0 fully saturated rings. The first-order valence-corrected chi connectivity index (χ1v) is 7.28. The van der Waals surface area contributed by atoms with Gasteiger partial charge in [-0.1, -0.05) is 30.3 Å². The van der Waals surface area contributed by atoms with Crippen molar-refractivity contribution in [3.8, 4) is 10.7 Å². The van der Waals surface area contributed by atoms with Crippen LogP contribution in [0.2, 0.25) is 0 Å². The fourth-order valence-electron chi connectivity index (χ4n) is 2.02. The van der Waals surface area contributed by atoms with Gasteiger partial charge in [0.05, 0.1) is 11.4 Å². The number of aromatic amines is 1. The molecule has 5 heteroatoms.